The SMILES string of the molecule is CC(C)(C)OC(=O)N[C@@]1(c2ccccc2Cl)C[C@H](O)C=CC1=O. The topological polar surface area (TPSA) is 75.6 Å². The fourth-order valence-corrected chi connectivity index (χ4v) is 2.83. The molecule has 0 aromatic heterocycles. The zero-order valence-electron chi connectivity index (χ0n) is 13.3. The van der Waals surface area contributed by atoms with Gasteiger partial charge in [0.25, 0.3) is 0 Å². The molecule has 23 heavy (non-hydrogen) atoms. The Morgan fingerprint density at radius 3 is 2.65 bits per heavy atom. The Hall–Kier alpha value is -1.85. The third-order valence-electron chi connectivity index (χ3n) is 3.45. The molecular formula is C17H20ClNO4. The van der Waals surface area contributed by atoms with E-state index in [2.05, 4.69) is 5.32 Å². The number of benzene rings is 1. The van der Waals surface area contributed by atoms with Crippen molar-refractivity contribution in [2.24, 2.45) is 0 Å². The van der Waals surface area contributed by atoms with Crippen LogP contribution < -0.4 is 5.32 Å². The first-order chi connectivity index (χ1) is 10.6. The van der Waals surface area contributed by atoms with E-state index in [0.717, 1.165) is 0 Å². The number of carbonyl (C=O) groups excluding carboxylic acids is 2. The molecule has 1 aromatic carbocycles. The third-order valence-corrected chi connectivity index (χ3v) is 3.78. The summed E-state index contributed by atoms with van der Waals surface area (Å²) in [5, 5.41) is 12.9. The summed E-state index contributed by atoms with van der Waals surface area (Å²) in [6, 6.07) is 6.74. The Balaban J connectivity index is 2.45. The molecule has 0 fully saturated rings. The summed E-state index contributed by atoms with van der Waals surface area (Å²) in [4.78, 5) is 24.8. The van der Waals surface area contributed by atoms with Crippen LogP contribution in [-0.4, -0.2) is 28.7 Å². The quantitative estimate of drug-likeness (QED) is 0.870. The minimum Gasteiger partial charge on any atom is -0.444 e. The zero-order valence-corrected chi connectivity index (χ0v) is 14.1. The first kappa shape index (κ1) is 17.5. The lowest BCUT2D eigenvalue weighted by Gasteiger charge is -2.37. The van der Waals surface area contributed by atoms with Crippen LogP contribution in [0.3, 0.4) is 0 Å². The molecule has 0 saturated carbocycles. The molecule has 2 atom stereocenters. The number of hydrogen-bond donors (Lipinski definition) is 2. The zero-order chi connectivity index (χ0) is 17.3. The van der Waals surface area contributed by atoms with Gasteiger partial charge < -0.3 is 15.2 Å². The second-order valence-electron chi connectivity index (χ2n) is 6.51. The largest absolute Gasteiger partial charge is 0.444 e. The number of halogens is 1. The Morgan fingerprint density at radius 1 is 1.39 bits per heavy atom. The standard InChI is InChI=1S/C17H20ClNO4/c1-16(2,3)23-15(22)19-17(10-11(20)8-9-14(17)21)12-6-4-5-7-13(12)18/h4-9,11,20H,10H2,1-3H3,(H,19,22)/t11-,17-/m1/s1. The number of ether oxygens (including phenoxy) is 1. The first-order valence-electron chi connectivity index (χ1n) is 7.31. The van der Waals surface area contributed by atoms with E-state index in [9.17, 15) is 14.7 Å². The fraction of sp³-hybridized carbons (Fsp3) is 0.412. The number of alkyl carbamates (subject to hydrolysis) is 1. The summed E-state index contributed by atoms with van der Waals surface area (Å²) in [5.41, 5.74) is -1.73. The molecule has 0 bridgehead atoms. The minimum atomic E-state index is -1.45. The molecule has 0 radical (unpaired) electrons. The number of nitrogens with one attached hydrogen (secondary N) is 1. The van der Waals surface area contributed by atoms with E-state index in [1.165, 1.54) is 12.2 Å². The highest BCUT2D eigenvalue weighted by Crippen LogP contribution is 2.36. The smallest absolute Gasteiger partial charge is 0.408 e. The van der Waals surface area contributed by atoms with Crippen LogP contribution in [-0.2, 0) is 15.1 Å². The summed E-state index contributed by atoms with van der Waals surface area (Å²) in [7, 11) is 0. The molecule has 0 spiro atoms. The molecule has 6 heteroatoms. The predicted octanol–water partition coefficient (Wildman–Crippen LogP) is 2.95. The molecular weight excluding hydrogens is 318 g/mol. The first-order valence-corrected chi connectivity index (χ1v) is 7.69. The van der Waals surface area contributed by atoms with E-state index in [4.69, 9.17) is 16.3 Å². The van der Waals surface area contributed by atoms with Crippen molar-refractivity contribution in [2.45, 2.75) is 44.4 Å². The Bertz CT molecular complexity index is 650. The highest BCUT2D eigenvalue weighted by atomic mass is 35.5. The lowest BCUT2D eigenvalue weighted by molar-refractivity contribution is -0.123. The minimum absolute atomic E-state index is 0.00862. The van der Waals surface area contributed by atoms with Crippen molar-refractivity contribution in [2.75, 3.05) is 0 Å². The summed E-state index contributed by atoms with van der Waals surface area (Å²) in [5.74, 6) is -0.359. The van der Waals surface area contributed by atoms with E-state index in [-0.39, 0.29) is 12.2 Å². The molecule has 0 heterocycles. The second-order valence-corrected chi connectivity index (χ2v) is 6.91. The molecule has 0 unspecified atom stereocenters. The van der Waals surface area contributed by atoms with Gasteiger partial charge in [0.05, 0.1) is 6.10 Å². The normalized spacial score (nSPS) is 24.4. The van der Waals surface area contributed by atoms with Gasteiger partial charge in [0.2, 0.25) is 0 Å². The van der Waals surface area contributed by atoms with Gasteiger partial charge >= 0.3 is 6.09 Å². The van der Waals surface area contributed by atoms with Gasteiger partial charge in [0.1, 0.15) is 11.1 Å². The molecule has 1 aliphatic carbocycles. The number of aliphatic hydroxyl groups excluding tert-OH is 1. The van der Waals surface area contributed by atoms with Crippen LogP contribution in [0.2, 0.25) is 5.02 Å². The molecule has 1 aliphatic rings. The van der Waals surface area contributed by atoms with Crippen LogP contribution in [0.4, 0.5) is 4.79 Å². The summed E-state index contributed by atoms with van der Waals surface area (Å²) >= 11 is 6.23. The van der Waals surface area contributed by atoms with E-state index >= 15 is 0 Å². The Kier molecular flexibility index (Phi) is 4.82. The molecule has 1 amide bonds. The second kappa shape index (κ2) is 6.34. The molecule has 1 aromatic rings. The maximum Gasteiger partial charge on any atom is 0.408 e. The molecule has 2 rings (SSSR count). The van der Waals surface area contributed by atoms with Gasteiger partial charge in [-0.1, -0.05) is 35.9 Å². The van der Waals surface area contributed by atoms with Gasteiger partial charge in [-0.05, 0) is 32.9 Å². The number of amides is 1. The summed E-state index contributed by atoms with van der Waals surface area (Å²) in [6.45, 7) is 5.19. The fourth-order valence-electron chi connectivity index (χ4n) is 2.53. The third kappa shape index (κ3) is 3.92. The van der Waals surface area contributed by atoms with E-state index in [0.29, 0.717) is 10.6 Å². The van der Waals surface area contributed by atoms with E-state index in [1.807, 2.05) is 0 Å². The van der Waals surface area contributed by atoms with Gasteiger partial charge in [-0.15, -0.1) is 0 Å². The van der Waals surface area contributed by atoms with Gasteiger partial charge in [-0.2, -0.15) is 0 Å². The van der Waals surface area contributed by atoms with Crippen molar-refractivity contribution >= 4 is 23.5 Å². The number of rotatable bonds is 2. The average Bonchev–Trinajstić information content (AvgIpc) is 2.41. The van der Waals surface area contributed by atoms with Gasteiger partial charge in [0.15, 0.2) is 5.78 Å². The lowest BCUT2D eigenvalue weighted by atomic mass is 9.77. The Morgan fingerprint density at radius 2 is 2.04 bits per heavy atom. The van der Waals surface area contributed by atoms with Crippen LogP contribution in [0.5, 0.6) is 0 Å². The van der Waals surface area contributed by atoms with Crippen molar-refractivity contribution in [3.63, 3.8) is 0 Å². The predicted molar refractivity (Wildman–Crippen MR) is 87.3 cm³/mol. The van der Waals surface area contributed by atoms with Gasteiger partial charge in [0, 0.05) is 17.0 Å². The highest BCUT2D eigenvalue weighted by molar-refractivity contribution is 6.32. The molecule has 0 saturated heterocycles. The monoisotopic (exact) mass is 337 g/mol. The lowest BCUT2D eigenvalue weighted by Crippen LogP contribution is -2.55. The van der Waals surface area contributed by atoms with Crippen molar-refractivity contribution < 1.29 is 19.4 Å². The highest BCUT2D eigenvalue weighted by Gasteiger charge is 2.45. The van der Waals surface area contributed by atoms with Crippen LogP contribution in [0.1, 0.15) is 32.8 Å². The average molecular weight is 338 g/mol. The number of aliphatic hydroxyl groups is 1. The van der Waals surface area contributed by atoms with E-state index < -0.39 is 23.3 Å². The van der Waals surface area contributed by atoms with Crippen molar-refractivity contribution in [3.05, 3.63) is 47.0 Å². The van der Waals surface area contributed by atoms with Crippen molar-refractivity contribution in [1.82, 2.24) is 5.32 Å². The van der Waals surface area contributed by atoms with Crippen LogP contribution in [0, 0.1) is 0 Å². The Labute approximate surface area is 140 Å². The van der Waals surface area contributed by atoms with Crippen molar-refractivity contribution in [3.8, 4) is 0 Å². The van der Waals surface area contributed by atoms with Crippen molar-refractivity contribution in [1.29, 1.82) is 0 Å². The van der Waals surface area contributed by atoms with Gasteiger partial charge in [-0.3, -0.25) is 4.79 Å². The molecule has 2 N–H and O–H groups in total. The number of ketones is 1. The van der Waals surface area contributed by atoms with E-state index in [1.54, 1.807) is 45.0 Å². The van der Waals surface area contributed by atoms with Gasteiger partial charge in [-0.25, -0.2) is 4.79 Å². The maximum absolute atomic E-state index is 12.6. The van der Waals surface area contributed by atoms with Crippen LogP contribution >= 0.6 is 11.6 Å². The molecule has 5 nitrogen and oxygen atoms in total. The summed E-state index contributed by atoms with van der Waals surface area (Å²) < 4.78 is 5.26. The van der Waals surface area contributed by atoms with Crippen LogP contribution in [0.25, 0.3) is 0 Å². The molecule has 0 aliphatic heterocycles. The summed E-state index contributed by atoms with van der Waals surface area (Å²) in [6.07, 6.45) is 1.03. The maximum atomic E-state index is 12.6. The molecule has 124 valence electrons. The number of carbonyl (C=O) groups is 2. The number of hydrogen-bond acceptors (Lipinski definition) is 4. The van der Waals surface area contributed by atoms with Crippen LogP contribution in [0.15, 0.2) is 36.4 Å².